The van der Waals surface area contributed by atoms with E-state index in [1.54, 1.807) is 31.4 Å². The number of benzene rings is 3. The molecule has 0 aromatic heterocycles. The van der Waals surface area contributed by atoms with Crippen LogP contribution in [0.1, 0.15) is 34.7 Å². The molecule has 0 fully saturated rings. The Balaban J connectivity index is 1.80. The summed E-state index contributed by atoms with van der Waals surface area (Å²) in [6.45, 7) is 3.95. The Morgan fingerprint density at radius 3 is 2.20 bits per heavy atom. The molecule has 30 heavy (non-hydrogen) atoms. The molecule has 1 aliphatic heterocycles. The third kappa shape index (κ3) is 3.83. The molecule has 0 saturated heterocycles. The average molecular weight is 421 g/mol. The molecular weight excluding hydrogens is 396 g/mol. The minimum atomic E-state index is -3.82. The maximum absolute atomic E-state index is 13.5. The van der Waals surface area contributed by atoms with Gasteiger partial charge in [0.25, 0.3) is 10.0 Å². The molecular formula is C24H24N2O3S. The number of rotatable bonds is 5. The van der Waals surface area contributed by atoms with E-state index in [0.717, 1.165) is 28.0 Å². The lowest BCUT2D eigenvalue weighted by Gasteiger charge is -2.23. The van der Waals surface area contributed by atoms with Crippen LogP contribution in [0.15, 0.2) is 82.8 Å². The van der Waals surface area contributed by atoms with Gasteiger partial charge in [0, 0.05) is 6.42 Å². The van der Waals surface area contributed by atoms with Gasteiger partial charge in [0.15, 0.2) is 0 Å². The molecule has 0 bridgehead atoms. The van der Waals surface area contributed by atoms with E-state index in [1.165, 1.54) is 4.41 Å². The van der Waals surface area contributed by atoms with Gasteiger partial charge in [-0.1, -0.05) is 59.7 Å². The zero-order valence-electron chi connectivity index (χ0n) is 17.2. The molecule has 0 saturated carbocycles. The molecule has 1 atom stereocenters. The topological polar surface area (TPSA) is 59.0 Å². The third-order valence-corrected chi connectivity index (χ3v) is 7.00. The van der Waals surface area contributed by atoms with Crippen LogP contribution in [0.3, 0.4) is 0 Å². The lowest BCUT2D eigenvalue weighted by atomic mass is 9.98. The molecule has 0 amide bonds. The standard InChI is InChI=1S/C24H24N2O3S/c1-17-7-11-19(12-8-17)23-16-24(20-5-4-6-21(15-20)29-3)26(25-23)30(27,28)22-13-9-18(2)10-14-22/h4-15,24H,16H2,1-3H3/t24-/m1/s1. The van der Waals surface area contributed by atoms with Gasteiger partial charge in [-0.05, 0) is 49.2 Å². The highest BCUT2D eigenvalue weighted by atomic mass is 32.2. The Kier molecular flexibility index (Phi) is 5.35. The summed E-state index contributed by atoms with van der Waals surface area (Å²) in [6, 6.07) is 21.9. The van der Waals surface area contributed by atoms with Gasteiger partial charge >= 0.3 is 0 Å². The second kappa shape index (κ2) is 7.95. The Bertz CT molecular complexity index is 1180. The first kappa shape index (κ1) is 20.2. The molecule has 0 spiro atoms. The zero-order valence-corrected chi connectivity index (χ0v) is 18.1. The van der Waals surface area contributed by atoms with Gasteiger partial charge in [0.05, 0.1) is 23.8 Å². The smallest absolute Gasteiger partial charge is 0.279 e. The molecule has 0 aliphatic carbocycles. The van der Waals surface area contributed by atoms with Crippen molar-refractivity contribution < 1.29 is 13.2 Å². The number of nitrogens with zero attached hydrogens (tertiary/aromatic N) is 2. The molecule has 1 heterocycles. The summed E-state index contributed by atoms with van der Waals surface area (Å²) < 4.78 is 33.6. The van der Waals surface area contributed by atoms with Crippen molar-refractivity contribution in [3.8, 4) is 5.75 Å². The van der Waals surface area contributed by atoms with E-state index in [4.69, 9.17) is 4.74 Å². The predicted octanol–water partition coefficient (Wildman–Crippen LogP) is 4.85. The van der Waals surface area contributed by atoms with Crippen molar-refractivity contribution >= 4 is 15.7 Å². The van der Waals surface area contributed by atoms with Gasteiger partial charge < -0.3 is 4.74 Å². The van der Waals surface area contributed by atoms with Gasteiger partial charge in [-0.25, -0.2) is 0 Å². The van der Waals surface area contributed by atoms with Crippen LogP contribution in [0, 0.1) is 13.8 Å². The molecule has 0 unspecified atom stereocenters. The number of ether oxygens (including phenoxy) is 1. The number of hydrazone groups is 1. The van der Waals surface area contributed by atoms with E-state index in [-0.39, 0.29) is 4.90 Å². The van der Waals surface area contributed by atoms with E-state index in [1.807, 2.05) is 62.4 Å². The van der Waals surface area contributed by atoms with Crippen LogP contribution in [0.2, 0.25) is 0 Å². The fourth-order valence-corrected chi connectivity index (χ4v) is 4.98. The van der Waals surface area contributed by atoms with Gasteiger partial charge in [0.1, 0.15) is 5.75 Å². The molecule has 0 radical (unpaired) electrons. The summed E-state index contributed by atoms with van der Waals surface area (Å²) in [6.07, 6.45) is 0.487. The van der Waals surface area contributed by atoms with Crippen molar-refractivity contribution in [2.45, 2.75) is 31.2 Å². The molecule has 3 aromatic carbocycles. The Hall–Kier alpha value is -3.12. The van der Waals surface area contributed by atoms with Crippen molar-refractivity contribution in [3.63, 3.8) is 0 Å². The summed E-state index contributed by atoms with van der Waals surface area (Å²) in [5.41, 5.74) is 4.67. The van der Waals surface area contributed by atoms with E-state index >= 15 is 0 Å². The van der Waals surface area contributed by atoms with Crippen LogP contribution in [-0.4, -0.2) is 25.7 Å². The number of hydrogen-bond donors (Lipinski definition) is 0. The highest BCUT2D eigenvalue weighted by molar-refractivity contribution is 7.89. The van der Waals surface area contributed by atoms with E-state index in [2.05, 4.69) is 5.10 Å². The van der Waals surface area contributed by atoms with Crippen molar-refractivity contribution in [2.24, 2.45) is 5.10 Å². The monoisotopic (exact) mass is 420 g/mol. The lowest BCUT2D eigenvalue weighted by molar-refractivity contribution is 0.368. The minimum Gasteiger partial charge on any atom is -0.497 e. The number of methoxy groups -OCH3 is 1. The first-order valence-corrected chi connectivity index (χ1v) is 11.2. The van der Waals surface area contributed by atoms with Gasteiger partial charge in [0.2, 0.25) is 0 Å². The molecule has 3 aromatic rings. The van der Waals surface area contributed by atoms with Crippen LogP contribution in [0.4, 0.5) is 0 Å². The maximum atomic E-state index is 13.5. The average Bonchev–Trinajstić information content (AvgIpc) is 3.21. The highest BCUT2D eigenvalue weighted by Gasteiger charge is 2.37. The Morgan fingerprint density at radius 2 is 1.57 bits per heavy atom. The highest BCUT2D eigenvalue weighted by Crippen LogP contribution is 2.38. The van der Waals surface area contributed by atoms with Crippen LogP contribution >= 0.6 is 0 Å². The second-order valence-corrected chi connectivity index (χ2v) is 9.30. The summed E-state index contributed by atoms with van der Waals surface area (Å²) in [5, 5.41) is 4.59. The zero-order chi connectivity index (χ0) is 21.3. The molecule has 154 valence electrons. The number of aryl methyl sites for hydroxylation is 2. The first-order chi connectivity index (χ1) is 14.4. The van der Waals surface area contributed by atoms with Crippen LogP contribution < -0.4 is 4.74 Å². The van der Waals surface area contributed by atoms with Crippen molar-refractivity contribution in [3.05, 3.63) is 95.1 Å². The Morgan fingerprint density at radius 1 is 0.933 bits per heavy atom. The van der Waals surface area contributed by atoms with Crippen molar-refractivity contribution in [1.29, 1.82) is 0 Å². The number of sulfonamides is 1. The summed E-state index contributed by atoms with van der Waals surface area (Å²) in [7, 11) is -2.22. The molecule has 0 N–H and O–H groups in total. The van der Waals surface area contributed by atoms with Gasteiger partial charge in [-0.3, -0.25) is 0 Å². The summed E-state index contributed by atoms with van der Waals surface area (Å²) in [4.78, 5) is 0.231. The third-order valence-electron chi connectivity index (χ3n) is 5.30. The maximum Gasteiger partial charge on any atom is 0.279 e. The summed E-state index contributed by atoms with van der Waals surface area (Å²) >= 11 is 0. The lowest BCUT2D eigenvalue weighted by Crippen LogP contribution is -2.27. The normalized spacial score (nSPS) is 16.4. The van der Waals surface area contributed by atoms with Crippen molar-refractivity contribution in [1.82, 2.24) is 4.41 Å². The summed E-state index contributed by atoms with van der Waals surface area (Å²) in [5.74, 6) is 0.684. The van der Waals surface area contributed by atoms with Gasteiger partial charge in [-0.15, -0.1) is 0 Å². The van der Waals surface area contributed by atoms with Crippen LogP contribution in [-0.2, 0) is 10.0 Å². The van der Waals surface area contributed by atoms with Crippen LogP contribution in [0.25, 0.3) is 0 Å². The largest absolute Gasteiger partial charge is 0.497 e. The van der Waals surface area contributed by atoms with Gasteiger partial charge in [-0.2, -0.15) is 17.9 Å². The second-order valence-electron chi connectivity index (χ2n) is 7.50. The molecule has 5 nitrogen and oxygen atoms in total. The molecule has 4 rings (SSSR count). The van der Waals surface area contributed by atoms with E-state index in [0.29, 0.717) is 12.2 Å². The fraction of sp³-hybridized carbons (Fsp3) is 0.208. The molecule has 6 heteroatoms. The van der Waals surface area contributed by atoms with Crippen molar-refractivity contribution in [2.75, 3.05) is 7.11 Å². The molecule has 1 aliphatic rings. The van der Waals surface area contributed by atoms with E-state index in [9.17, 15) is 8.42 Å². The fourth-order valence-electron chi connectivity index (χ4n) is 3.55. The number of hydrogen-bond acceptors (Lipinski definition) is 4. The predicted molar refractivity (Wildman–Crippen MR) is 118 cm³/mol. The van der Waals surface area contributed by atoms with Crippen LogP contribution in [0.5, 0.6) is 5.75 Å². The quantitative estimate of drug-likeness (QED) is 0.593. The Labute approximate surface area is 177 Å². The van der Waals surface area contributed by atoms with E-state index < -0.39 is 16.1 Å². The SMILES string of the molecule is COc1cccc([C@H]2CC(c3ccc(C)cc3)=NN2S(=O)(=O)c2ccc(C)cc2)c1. The first-order valence-electron chi connectivity index (χ1n) is 9.78. The minimum absolute atomic E-state index is 0.231.